The van der Waals surface area contributed by atoms with Crippen LogP contribution in [-0.4, -0.2) is 40.5 Å². The number of carbonyl (C=O) groups excluding carboxylic acids is 1. The van der Waals surface area contributed by atoms with E-state index in [1.165, 1.54) is 31.3 Å². The molecule has 1 saturated carbocycles. The second-order valence-corrected chi connectivity index (χ2v) is 8.12. The molecule has 2 aromatic rings. The van der Waals surface area contributed by atoms with Crippen LogP contribution in [0.25, 0.3) is 10.2 Å². The average Bonchev–Trinajstić information content (AvgIpc) is 3.34. The van der Waals surface area contributed by atoms with Gasteiger partial charge in [-0.15, -0.1) is 11.3 Å². The Balaban J connectivity index is 1.89. The molecule has 1 N–H and O–H groups in total. The summed E-state index contributed by atoms with van der Waals surface area (Å²) in [4.78, 5) is 35.4. The zero-order valence-electron chi connectivity index (χ0n) is 15.2. The lowest BCUT2D eigenvalue weighted by molar-refractivity contribution is 0.0605. The molecule has 0 atom stereocenters. The highest BCUT2D eigenvalue weighted by atomic mass is 32.1. The minimum absolute atomic E-state index is 0.177. The first-order valence-electron chi connectivity index (χ1n) is 8.75. The van der Waals surface area contributed by atoms with E-state index in [1.807, 2.05) is 0 Å². The van der Waals surface area contributed by atoms with Crippen LogP contribution in [0.15, 0.2) is 4.79 Å². The van der Waals surface area contributed by atoms with Crippen LogP contribution in [0.2, 0.25) is 0 Å². The topological polar surface area (TPSA) is 75.3 Å². The third kappa shape index (κ3) is 3.93. The number of thiophene rings is 1. The molecule has 0 radical (unpaired) electrons. The van der Waals surface area contributed by atoms with Crippen molar-refractivity contribution in [1.82, 2.24) is 14.9 Å². The molecule has 0 saturated heterocycles. The number of methoxy groups -OCH3 is 1. The molecule has 6 nitrogen and oxygen atoms in total. The van der Waals surface area contributed by atoms with Crippen LogP contribution in [0.1, 0.15) is 54.2 Å². The van der Waals surface area contributed by atoms with E-state index in [0.717, 1.165) is 13.0 Å². The van der Waals surface area contributed by atoms with Gasteiger partial charge in [0.1, 0.15) is 15.5 Å². The lowest BCUT2D eigenvalue weighted by atomic mass is 10.1. The second-order valence-electron chi connectivity index (χ2n) is 7.12. The van der Waals surface area contributed by atoms with E-state index in [1.54, 1.807) is 6.92 Å². The predicted molar refractivity (Wildman–Crippen MR) is 99.2 cm³/mol. The third-order valence-electron chi connectivity index (χ3n) is 4.63. The number of carbonyl (C=O) groups is 1. The summed E-state index contributed by atoms with van der Waals surface area (Å²) >= 11 is 1.23. The van der Waals surface area contributed by atoms with Crippen LogP contribution < -0.4 is 5.56 Å². The number of nitrogens with zero attached hydrogens (tertiary/aromatic N) is 2. The van der Waals surface area contributed by atoms with E-state index in [0.29, 0.717) is 45.0 Å². The number of aromatic nitrogens is 2. The van der Waals surface area contributed by atoms with E-state index < -0.39 is 5.97 Å². The van der Waals surface area contributed by atoms with Gasteiger partial charge in [0.15, 0.2) is 0 Å². The maximum atomic E-state index is 12.5. The van der Waals surface area contributed by atoms with Crippen molar-refractivity contribution in [2.75, 3.05) is 13.7 Å². The number of ether oxygens (including phenoxy) is 1. The maximum absolute atomic E-state index is 12.5. The molecule has 2 heterocycles. The van der Waals surface area contributed by atoms with Crippen LogP contribution in [0.5, 0.6) is 0 Å². The Morgan fingerprint density at radius 2 is 2.16 bits per heavy atom. The number of aryl methyl sites for hydroxylation is 1. The molecule has 0 bridgehead atoms. The standard InChI is InChI=1S/C18H25N3O3S/c1-10(2)7-8-21(12-5-6-12)9-13-19-16(22)14-11(3)15(18(23)24-4)25-17(14)20-13/h10,12H,5-9H2,1-4H3,(H,19,20,22). The van der Waals surface area contributed by atoms with Gasteiger partial charge in [0, 0.05) is 6.04 Å². The Hall–Kier alpha value is -1.73. The number of aromatic amines is 1. The molecule has 25 heavy (non-hydrogen) atoms. The Kier molecular flexibility index (Phi) is 5.24. The molecule has 1 aliphatic carbocycles. The Bertz CT molecular complexity index is 836. The Labute approximate surface area is 151 Å². The maximum Gasteiger partial charge on any atom is 0.348 e. The molecule has 1 fully saturated rings. The zero-order chi connectivity index (χ0) is 18.1. The van der Waals surface area contributed by atoms with Crippen LogP contribution >= 0.6 is 11.3 Å². The molecule has 136 valence electrons. The molecule has 0 aliphatic heterocycles. The SMILES string of the molecule is COC(=O)c1sc2nc(CN(CCC(C)C)C3CC3)[nH]c(=O)c2c1C. The number of rotatable bonds is 7. The number of hydrogen-bond acceptors (Lipinski definition) is 6. The van der Waals surface area contributed by atoms with Gasteiger partial charge in [-0.2, -0.15) is 0 Å². The molecule has 0 unspecified atom stereocenters. The van der Waals surface area contributed by atoms with Crippen LogP contribution in [0.4, 0.5) is 0 Å². The molecular weight excluding hydrogens is 338 g/mol. The highest BCUT2D eigenvalue weighted by Gasteiger charge is 2.29. The molecular formula is C18H25N3O3S. The van der Waals surface area contributed by atoms with Gasteiger partial charge in [0.25, 0.3) is 5.56 Å². The van der Waals surface area contributed by atoms with Gasteiger partial charge in [-0.25, -0.2) is 9.78 Å². The summed E-state index contributed by atoms with van der Waals surface area (Å²) in [6.07, 6.45) is 3.57. The monoisotopic (exact) mass is 363 g/mol. The van der Waals surface area contributed by atoms with Crippen molar-refractivity contribution in [2.45, 2.75) is 52.6 Å². The van der Waals surface area contributed by atoms with E-state index in [2.05, 4.69) is 28.7 Å². The van der Waals surface area contributed by atoms with Crippen molar-refractivity contribution < 1.29 is 9.53 Å². The zero-order valence-corrected chi connectivity index (χ0v) is 16.0. The van der Waals surface area contributed by atoms with Gasteiger partial charge >= 0.3 is 5.97 Å². The van der Waals surface area contributed by atoms with Crippen molar-refractivity contribution >= 4 is 27.5 Å². The summed E-state index contributed by atoms with van der Waals surface area (Å²) in [5, 5.41) is 0.495. The summed E-state index contributed by atoms with van der Waals surface area (Å²) in [5.74, 6) is 0.905. The van der Waals surface area contributed by atoms with Crippen LogP contribution in [0.3, 0.4) is 0 Å². The third-order valence-corrected chi connectivity index (χ3v) is 5.80. The quantitative estimate of drug-likeness (QED) is 0.765. The smallest absolute Gasteiger partial charge is 0.348 e. The summed E-state index contributed by atoms with van der Waals surface area (Å²) < 4.78 is 4.80. The molecule has 0 amide bonds. The molecule has 0 spiro atoms. The number of fused-ring (bicyclic) bond motifs is 1. The molecule has 1 aliphatic rings. The van der Waals surface area contributed by atoms with Crippen molar-refractivity contribution in [3.8, 4) is 0 Å². The lowest BCUT2D eigenvalue weighted by Gasteiger charge is -2.22. The number of H-pyrrole nitrogens is 1. The van der Waals surface area contributed by atoms with Gasteiger partial charge in [-0.05, 0) is 44.2 Å². The normalized spacial score (nSPS) is 14.6. The summed E-state index contributed by atoms with van der Waals surface area (Å²) in [6.45, 7) is 7.87. The highest BCUT2D eigenvalue weighted by Crippen LogP contribution is 2.30. The van der Waals surface area contributed by atoms with Crippen molar-refractivity contribution in [1.29, 1.82) is 0 Å². The van der Waals surface area contributed by atoms with Crippen molar-refractivity contribution in [2.24, 2.45) is 5.92 Å². The second kappa shape index (κ2) is 7.25. The highest BCUT2D eigenvalue weighted by molar-refractivity contribution is 7.20. The van der Waals surface area contributed by atoms with Crippen molar-refractivity contribution in [3.63, 3.8) is 0 Å². The molecule has 0 aromatic carbocycles. The minimum Gasteiger partial charge on any atom is -0.465 e. The van der Waals surface area contributed by atoms with E-state index in [-0.39, 0.29) is 5.56 Å². The molecule has 3 rings (SSSR count). The first-order chi connectivity index (χ1) is 11.9. The van der Waals surface area contributed by atoms with E-state index >= 15 is 0 Å². The van der Waals surface area contributed by atoms with Gasteiger partial charge in [0.2, 0.25) is 0 Å². The van der Waals surface area contributed by atoms with Gasteiger partial charge in [-0.3, -0.25) is 9.69 Å². The van der Waals surface area contributed by atoms with Crippen molar-refractivity contribution in [3.05, 3.63) is 26.6 Å². The van der Waals surface area contributed by atoms with Crippen LogP contribution in [0, 0.1) is 12.8 Å². The number of nitrogens with one attached hydrogen (secondary N) is 1. The molecule has 7 heteroatoms. The van der Waals surface area contributed by atoms with Gasteiger partial charge in [0.05, 0.1) is 19.0 Å². The minimum atomic E-state index is -0.419. The van der Waals surface area contributed by atoms with Gasteiger partial charge < -0.3 is 9.72 Å². The first-order valence-corrected chi connectivity index (χ1v) is 9.57. The largest absolute Gasteiger partial charge is 0.465 e. The summed E-state index contributed by atoms with van der Waals surface area (Å²) in [7, 11) is 1.34. The Morgan fingerprint density at radius 1 is 1.44 bits per heavy atom. The van der Waals surface area contributed by atoms with E-state index in [9.17, 15) is 9.59 Å². The lowest BCUT2D eigenvalue weighted by Crippen LogP contribution is -2.29. The Morgan fingerprint density at radius 3 is 2.76 bits per heavy atom. The van der Waals surface area contributed by atoms with Gasteiger partial charge in [-0.1, -0.05) is 13.8 Å². The number of hydrogen-bond donors (Lipinski definition) is 1. The average molecular weight is 363 g/mol. The van der Waals surface area contributed by atoms with Crippen LogP contribution in [-0.2, 0) is 11.3 Å². The summed E-state index contributed by atoms with van der Waals surface area (Å²) in [5.41, 5.74) is 0.467. The fourth-order valence-electron chi connectivity index (χ4n) is 3.00. The fraction of sp³-hybridized carbons (Fsp3) is 0.611. The predicted octanol–water partition coefficient (Wildman–Crippen LogP) is 3.09. The van der Waals surface area contributed by atoms with E-state index in [4.69, 9.17) is 4.74 Å². The number of esters is 1. The first kappa shape index (κ1) is 18.1. The molecule has 2 aromatic heterocycles. The fourth-order valence-corrected chi connectivity index (χ4v) is 4.12. The summed E-state index contributed by atoms with van der Waals surface area (Å²) in [6, 6.07) is 0.607.